The molecule has 1 amide bonds. The van der Waals surface area contributed by atoms with E-state index in [0.717, 1.165) is 67.0 Å². The first-order valence-corrected chi connectivity index (χ1v) is 10.5. The maximum Gasteiger partial charge on any atom is 0.271 e. The molecule has 28 heavy (non-hydrogen) atoms. The number of aromatic nitrogens is 1. The average Bonchev–Trinajstić information content (AvgIpc) is 3.34. The van der Waals surface area contributed by atoms with E-state index in [0.29, 0.717) is 5.02 Å². The number of halogens is 1. The van der Waals surface area contributed by atoms with Crippen molar-refractivity contribution in [3.63, 3.8) is 0 Å². The number of rotatable bonds is 4. The Morgan fingerprint density at radius 1 is 0.893 bits per heavy atom. The van der Waals surface area contributed by atoms with Crippen LogP contribution in [0.2, 0.25) is 5.02 Å². The van der Waals surface area contributed by atoms with Crippen LogP contribution in [0.15, 0.2) is 48.5 Å². The van der Waals surface area contributed by atoms with Gasteiger partial charge < -0.3 is 14.4 Å². The summed E-state index contributed by atoms with van der Waals surface area (Å²) in [7, 11) is 0. The summed E-state index contributed by atoms with van der Waals surface area (Å²) in [6.07, 6.45) is 2.56. The molecule has 0 bridgehead atoms. The fourth-order valence-electron chi connectivity index (χ4n) is 4.63. The van der Waals surface area contributed by atoms with Crippen molar-refractivity contribution in [1.29, 1.82) is 0 Å². The van der Waals surface area contributed by atoms with Gasteiger partial charge in [0.2, 0.25) is 0 Å². The van der Waals surface area contributed by atoms with Crippen molar-refractivity contribution in [1.82, 2.24) is 14.4 Å². The van der Waals surface area contributed by atoms with Crippen LogP contribution in [0.25, 0.3) is 22.0 Å². The zero-order valence-electron chi connectivity index (χ0n) is 15.9. The first-order chi connectivity index (χ1) is 13.7. The lowest BCUT2D eigenvalue weighted by Crippen LogP contribution is -2.44. The molecule has 0 atom stereocenters. The maximum absolute atomic E-state index is 13.5. The van der Waals surface area contributed by atoms with E-state index in [9.17, 15) is 4.79 Å². The molecule has 1 aromatic heterocycles. The Balaban J connectivity index is 1.57. The van der Waals surface area contributed by atoms with Gasteiger partial charge in [0, 0.05) is 47.7 Å². The average molecular weight is 394 g/mol. The molecule has 0 saturated carbocycles. The van der Waals surface area contributed by atoms with Crippen LogP contribution in [0.1, 0.15) is 23.3 Å². The van der Waals surface area contributed by atoms with Crippen molar-refractivity contribution in [3.05, 3.63) is 59.2 Å². The van der Waals surface area contributed by atoms with E-state index in [2.05, 4.69) is 21.6 Å². The summed E-state index contributed by atoms with van der Waals surface area (Å²) in [6, 6.07) is 16.1. The van der Waals surface area contributed by atoms with Crippen LogP contribution < -0.4 is 0 Å². The number of likely N-dealkylation sites (tertiary alicyclic amines) is 1. The Labute approximate surface area is 170 Å². The number of carbonyl (C=O) groups is 1. The molecule has 3 heterocycles. The molecule has 0 unspecified atom stereocenters. The van der Waals surface area contributed by atoms with Crippen molar-refractivity contribution in [2.24, 2.45) is 0 Å². The van der Waals surface area contributed by atoms with Gasteiger partial charge >= 0.3 is 0 Å². The predicted octanol–water partition coefficient (Wildman–Crippen LogP) is 4.51. The highest BCUT2D eigenvalue weighted by Crippen LogP contribution is 2.38. The number of nitrogens with zero attached hydrogens (tertiary/aromatic N) is 3. The fourth-order valence-corrected chi connectivity index (χ4v) is 4.80. The zero-order chi connectivity index (χ0) is 19.1. The predicted molar refractivity (Wildman–Crippen MR) is 114 cm³/mol. The molecule has 4 nitrogen and oxygen atoms in total. The molecular formula is C23H24ClN3O. The van der Waals surface area contributed by atoms with Gasteiger partial charge in [0.15, 0.2) is 0 Å². The van der Waals surface area contributed by atoms with Gasteiger partial charge in [-0.3, -0.25) is 4.79 Å². The largest absolute Gasteiger partial charge is 0.334 e. The van der Waals surface area contributed by atoms with Crippen LogP contribution in [0.4, 0.5) is 0 Å². The van der Waals surface area contributed by atoms with Gasteiger partial charge in [-0.1, -0.05) is 41.9 Å². The van der Waals surface area contributed by atoms with Crippen molar-refractivity contribution < 1.29 is 4.79 Å². The number of fused-ring (bicyclic) bond motifs is 3. The normalized spacial score (nSPS) is 17.5. The molecule has 144 valence electrons. The van der Waals surface area contributed by atoms with Crippen molar-refractivity contribution >= 4 is 28.4 Å². The Kier molecular flexibility index (Phi) is 4.61. The van der Waals surface area contributed by atoms with E-state index < -0.39 is 0 Å². The van der Waals surface area contributed by atoms with Crippen LogP contribution in [0, 0.1) is 0 Å². The number of benzene rings is 2. The molecule has 2 aliphatic heterocycles. The second-order valence-corrected chi connectivity index (χ2v) is 8.18. The van der Waals surface area contributed by atoms with Gasteiger partial charge in [-0.2, -0.15) is 0 Å². The summed E-state index contributed by atoms with van der Waals surface area (Å²) in [5.74, 6) is 0.136. The van der Waals surface area contributed by atoms with E-state index in [1.165, 1.54) is 12.8 Å². The Morgan fingerprint density at radius 3 is 2.46 bits per heavy atom. The van der Waals surface area contributed by atoms with Gasteiger partial charge in [-0.15, -0.1) is 0 Å². The Morgan fingerprint density at radius 2 is 1.68 bits per heavy atom. The zero-order valence-corrected chi connectivity index (χ0v) is 16.7. The summed E-state index contributed by atoms with van der Waals surface area (Å²) in [4.78, 5) is 18.0. The van der Waals surface area contributed by atoms with Crippen molar-refractivity contribution in [3.8, 4) is 11.1 Å². The van der Waals surface area contributed by atoms with Gasteiger partial charge in [-0.25, -0.2) is 0 Å². The second-order valence-electron chi connectivity index (χ2n) is 7.74. The summed E-state index contributed by atoms with van der Waals surface area (Å²) < 4.78 is 2.18. The lowest BCUT2D eigenvalue weighted by atomic mass is 10.0. The highest BCUT2D eigenvalue weighted by Gasteiger charge is 2.31. The lowest BCUT2D eigenvalue weighted by molar-refractivity contribution is 0.0691. The molecule has 0 aliphatic carbocycles. The SMILES string of the molecule is O=C1c2c(-c3ccccc3)c3cc(Cl)ccc3n2CCN1CCN1CCCC1. The van der Waals surface area contributed by atoms with Crippen LogP contribution in [0.5, 0.6) is 0 Å². The van der Waals surface area contributed by atoms with Gasteiger partial charge in [0.25, 0.3) is 5.91 Å². The Bertz CT molecular complexity index is 1020. The third-order valence-electron chi connectivity index (χ3n) is 6.06. The third-order valence-corrected chi connectivity index (χ3v) is 6.29. The quantitative estimate of drug-likeness (QED) is 0.652. The highest BCUT2D eigenvalue weighted by molar-refractivity contribution is 6.31. The van der Waals surface area contributed by atoms with Gasteiger partial charge in [0.1, 0.15) is 5.69 Å². The molecule has 3 aromatic rings. The molecule has 0 N–H and O–H groups in total. The molecule has 2 aliphatic rings. The first kappa shape index (κ1) is 17.8. The second kappa shape index (κ2) is 7.26. The standard InChI is InChI=1S/C23H24ClN3O/c24-18-8-9-20-19(16-18)21(17-6-2-1-3-7-17)22-23(28)26(14-15-27(20)22)13-12-25-10-4-5-11-25/h1-3,6-9,16H,4-5,10-15H2. The summed E-state index contributed by atoms with van der Waals surface area (Å²) in [6.45, 7) is 5.69. The molecule has 5 rings (SSSR count). The van der Waals surface area contributed by atoms with Gasteiger partial charge in [0.05, 0.1) is 0 Å². The van der Waals surface area contributed by atoms with E-state index in [1.54, 1.807) is 0 Å². The summed E-state index contributed by atoms with van der Waals surface area (Å²) in [5.41, 5.74) is 3.97. The molecule has 5 heteroatoms. The van der Waals surface area contributed by atoms with Gasteiger partial charge in [-0.05, 0) is 49.7 Å². The highest BCUT2D eigenvalue weighted by atomic mass is 35.5. The summed E-state index contributed by atoms with van der Waals surface area (Å²) >= 11 is 6.32. The number of hydrogen-bond acceptors (Lipinski definition) is 2. The molecular weight excluding hydrogens is 370 g/mol. The van der Waals surface area contributed by atoms with Crippen LogP contribution in [-0.4, -0.2) is 53.0 Å². The van der Waals surface area contributed by atoms with E-state index in [1.807, 2.05) is 41.3 Å². The fraction of sp³-hybridized carbons (Fsp3) is 0.348. The molecule has 0 spiro atoms. The molecule has 2 aromatic carbocycles. The van der Waals surface area contributed by atoms with E-state index >= 15 is 0 Å². The number of hydrogen-bond donors (Lipinski definition) is 0. The van der Waals surface area contributed by atoms with Crippen LogP contribution in [0.3, 0.4) is 0 Å². The van der Waals surface area contributed by atoms with E-state index in [4.69, 9.17) is 11.6 Å². The maximum atomic E-state index is 13.5. The smallest absolute Gasteiger partial charge is 0.271 e. The minimum Gasteiger partial charge on any atom is -0.334 e. The topological polar surface area (TPSA) is 28.5 Å². The number of amides is 1. The summed E-state index contributed by atoms with van der Waals surface area (Å²) in [5, 5.41) is 1.76. The van der Waals surface area contributed by atoms with Crippen molar-refractivity contribution in [2.45, 2.75) is 19.4 Å². The Hall–Kier alpha value is -2.30. The van der Waals surface area contributed by atoms with Crippen molar-refractivity contribution in [2.75, 3.05) is 32.7 Å². The monoisotopic (exact) mass is 393 g/mol. The molecule has 1 fully saturated rings. The first-order valence-electron chi connectivity index (χ1n) is 10.1. The third kappa shape index (κ3) is 3.01. The minimum absolute atomic E-state index is 0.136. The van der Waals surface area contributed by atoms with Crippen LogP contribution in [-0.2, 0) is 6.54 Å². The minimum atomic E-state index is 0.136. The lowest BCUT2D eigenvalue weighted by Gasteiger charge is -2.31. The molecule has 1 saturated heterocycles. The molecule has 0 radical (unpaired) electrons. The number of carbonyl (C=O) groups excluding carboxylic acids is 1. The van der Waals surface area contributed by atoms with E-state index in [-0.39, 0.29) is 5.91 Å². The van der Waals surface area contributed by atoms with Crippen LogP contribution >= 0.6 is 11.6 Å².